The van der Waals surface area contributed by atoms with Crippen LogP contribution in [0, 0.1) is 0 Å². The van der Waals surface area contributed by atoms with Gasteiger partial charge in [0.05, 0.1) is 24.1 Å². The molecule has 8 nitrogen and oxygen atoms in total. The van der Waals surface area contributed by atoms with Crippen LogP contribution >= 0.6 is 15.9 Å². The molecule has 1 unspecified atom stereocenters. The molecule has 0 N–H and O–H groups in total. The fourth-order valence-electron chi connectivity index (χ4n) is 4.00. The second-order valence-corrected chi connectivity index (χ2v) is 8.37. The van der Waals surface area contributed by atoms with E-state index in [2.05, 4.69) is 32.5 Å². The molecule has 0 radical (unpaired) electrons. The van der Waals surface area contributed by atoms with E-state index in [1.807, 2.05) is 0 Å². The molecular weight excluding hydrogens is 502 g/mol. The summed E-state index contributed by atoms with van der Waals surface area (Å²) >= 11 is 3.40. The number of methoxy groups -OCH3 is 1. The summed E-state index contributed by atoms with van der Waals surface area (Å²) in [4.78, 5) is 37.1. The van der Waals surface area contributed by atoms with Crippen molar-refractivity contribution in [3.63, 3.8) is 0 Å². The molecule has 1 aliphatic heterocycles. The Kier molecular flexibility index (Phi) is 5.62. The van der Waals surface area contributed by atoms with Crippen molar-refractivity contribution in [3.8, 4) is 11.5 Å². The number of aromatic nitrogens is 2. The molecule has 1 amide bonds. The Bertz CT molecular complexity index is 1490. The Morgan fingerprint density at radius 3 is 2.68 bits per heavy atom. The molecule has 0 aliphatic carbocycles. The smallest absolute Gasteiger partial charge is 0.297 e. The fourth-order valence-corrected chi connectivity index (χ4v) is 4.37. The lowest BCUT2D eigenvalue weighted by Crippen LogP contribution is -2.31. The highest BCUT2D eigenvalue weighted by molar-refractivity contribution is 9.10. The minimum Gasteiger partial charge on any atom is -0.493 e. The van der Waals surface area contributed by atoms with E-state index >= 15 is 0 Å². The van der Waals surface area contributed by atoms with E-state index < -0.39 is 11.9 Å². The number of anilines is 1. The first kappa shape index (κ1) is 21.8. The van der Waals surface area contributed by atoms with E-state index in [0.29, 0.717) is 34.6 Å². The van der Waals surface area contributed by atoms with Crippen LogP contribution in [0.5, 0.6) is 11.5 Å². The first-order valence-electron chi connectivity index (χ1n) is 10.3. The fraction of sp³-hybridized carbons (Fsp3) is 0.120. The van der Waals surface area contributed by atoms with Gasteiger partial charge in [0.25, 0.3) is 5.91 Å². The summed E-state index contributed by atoms with van der Waals surface area (Å²) in [6.07, 6.45) is 4.69. The first-order valence-corrected chi connectivity index (χ1v) is 11.1. The molecule has 1 aliphatic rings. The molecule has 0 fully saturated rings. The quantitative estimate of drug-likeness (QED) is 0.341. The van der Waals surface area contributed by atoms with Crippen molar-refractivity contribution < 1.29 is 18.7 Å². The van der Waals surface area contributed by atoms with Crippen molar-refractivity contribution in [2.24, 2.45) is 0 Å². The second-order valence-electron chi connectivity index (χ2n) is 7.45. The highest BCUT2D eigenvalue weighted by Gasteiger charge is 2.45. The number of fused-ring (bicyclic) bond motifs is 2. The molecule has 170 valence electrons. The van der Waals surface area contributed by atoms with Crippen molar-refractivity contribution in [1.29, 1.82) is 0 Å². The van der Waals surface area contributed by atoms with Crippen molar-refractivity contribution in [3.05, 3.63) is 99.1 Å². The van der Waals surface area contributed by atoms with Gasteiger partial charge in [-0.15, -0.1) is 0 Å². The Morgan fingerprint density at radius 2 is 1.94 bits per heavy atom. The maximum absolute atomic E-state index is 13.7. The summed E-state index contributed by atoms with van der Waals surface area (Å²) in [7, 11) is 1.52. The van der Waals surface area contributed by atoms with E-state index in [9.17, 15) is 9.59 Å². The Balaban J connectivity index is 1.76. The van der Waals surface area contributed by atoms with Gasteiger partial charge in [-0.05, 0) is 42.0 Å². The zero-order valence-corrected chi connectivity index (χ0v) is 19.6. The van der Waals surface area contributed by atoms with E-state index in [1.165, 1.54) is 24.4 Å². The third-order valence-electron chi connectivity index (χ3n) is 5.46. The number of carbonyl (C=O) groups excluding carboxylic acids is 1. The summed E-state index contributed by atoms with van der Waals surface area (Å²) in [5, 5.41) is 0.361. The monoisotopic (exact) mass is 519 g/mol. The van der Waals surface area contributed by atoms with Crippen LogP contribution in [-0.4, -0.2) is 29.6 Å². The lowest BCUT2D eigenvalue weighted by molar-refractivity contribution is 0.0969. The molecule has 0 saturated carbocycles. The third kappa shape index (κ3) is 3.54. The summed E-state index contributed by atoms with van der Waals surface area (Å²) in [6, 6.07) is 11.1. The number of ether oxygens (including phenoxy) is 2. The molecule has 0 spiro atoms. The molecule has 0 saturated heterocycles. The average Bonchev–Trinajstić information content (AvgIpc) is 3.16. The number of hydrogen-bond donors (Lipinski definition) is 0. The summed E-state index contributed by atoms with van der Waals surface area (Å²) in [5.74, 6) is 0.566. The van der Waals surface area contributed by atoms with Crippen LogP contribution in [0.4, 0.5) is 5.95 Å². The van der Waals surface area contributed by atoms with E-state index in [1.54, 1.807) is 48.5 Å². The summed E-state index contributed by atoms with van der Waals surface area (Å²) in [6.45, 7) is 3.96. The van der Waals surface area contributed by atoms with Crippen molar-refractivity contribution in [2.75, 3.05) is 18.6 Å². The predicted molar refractivity (Wildman–Crippen MR) is 130 cm³/mol. The van der Waals surface area contributed by atoms with Crippen LogP contribution in [0.2, 0.25) is 0 Å². The SMILES string of the molecule is C=CCOc1ccc(C2c3c(oc4ccc(Br)cc4c3=O)C(=O)N2c2ncccn2)cc1OC. The number of hydrogen-bond acceptors (Lipinski definition) is 7. The van der Waals surface area contributed by atoms with Gasteiger partial charge in [0.1, 0.15) is 12.2 Å². The van der Waals surface area contributed by atoms with Crippen LogP contribution in [0.25, 0.3) is 11.0 Å². The van der Waals surface area contributed by atoms with Crippen LogP contribution < -0.4 is 19.8 Å². The lowest BCUT2D eigenvalue weighted by Gasteiger charge is -2.23. The van der Waals surface area contributed by atoms with Gasteiger partial charge in [-0.1, -0.05) is 34.7 Å². The first-order chi connectivity index (χ1) is 16.5. The maximum atomic E-state index is 13.7. The highest BCUT2D eigenvalue weighted by atomic mass is 79.9. The minimum absolute atomic E-state index is 0.0387. The van der Waals surface area contributed by atoms with Gasteiger partial charge in [-0.2, -0.15) is 0 Å². The van der Waals surface area contributed by atoms with Crippen LogP contribution in [0.3, 0.4) is 0 Å². The zero-order chi connectivity index (χ0) is 23.8. The molecule has 3 heterocycles. The zero-order valence-electron chi connectivity index (χ0n) is 18.0. The van der Waals surface area contributed by atoms with Crippen molar-refractivity contribution in [2.45, 2.75) is 6.04 Å². The number of halogens is 1. The van der Waals surface area contributed by atoms with Crippen molar-refractivity contribution >= 4 is 38.8 Å². The third-order valence-corrected chi connectivity index (χ3v) is 5.95. The van der Waals surface area contributed by atoms with Gasteiger partial charge in [0.15, 0.2) is 16.9 Å². The second kappa shape index (κ2) is 8.75. The molecule has 4 aromatic rings. The lowest BCUT2D eigenvalue weighted by atomic mass is 9.98. The van der Waals surface area contributed by atoms with E-state index in [0.717, 1.165) is 4.47 Å². The standard InChI is InChI=1S/C25H18BrN3O5/c1-3-11-33-18-7-5-14(12-19(18)32-2)21-20-22(30)16-13-15(26)6-8-17(16)34-23(20)24(31)29(21)25-27-9-4-10-28-25/h3-10,12-13,21H,1,11H2,2H3. The number of amides is 1. The number of rotatable bonds is 6. The molecule has 1 atom stereocenters. The molecule has 5 rings (SSSR count). The summed E-state index contributed by atoms with van der Waals surface area (Å²) < 4.78 is 17.8. The van der Waals surface area contributed by atoms with Crippen LogP contribution in [0.15, 0.2) is 81.2 Å². The molecule has 2 aromatic carbocycles. The van der Waals surface area contributed by atoms with Gasteiger partial charge in [-0.25, -0.2) is 9.97 Å². The van der Waals surface area contributed by atoms with Crippen LogP contribution in [0.1, 0.15) is 27.7 Å². The van der Waals surface area contributed by atoms with Gasteiger partial charge < -0.3 is 13.9 Å². The predicted octanol–water partition coefficient (Wildman–Crippen LogP) is 4.67. The molecule has 34 heavy (non-hydrogen) atoms. The van der Waals surface area contributed by atoms with Crippen molar-refractivity contribution in [1.82, 2.24) is 9.97 Å². The van der Waals surface area contributed by atoms with Gasteiger partial charge >= 0.3 is 0 Å². The topological polar surface area (TPSA) is 94.8 Å². The highest BCUT2D eigenvalue weighted by Crippen LogP contribution is 2.42. The van der Waals surface area contributed by atoms with E-state index in [-0.39, 0.29) is 22.7 Å². The number of nitrogens with zero attached hydrogens (tertiary/aromatic N) is 3. The molecule has 9 heteroatoms. The largest absolute Gasteiger partial charge is 0.493 e. The average molecular weight is 520 g/mol. The van der Waals surface area contributed by atoms with E-state index in [4.69, 9.17) is 13.9 Å². The Hall–Kier alpha value is -3.98. The Labute approximate surface area is 202 Å². The van der Waals surface area contributed by atoms with Gasteiger partial charge in [0.2, 0.25) is 11.7 Å². The minimum atomic E-state index is -0.827. The summed E-state index contributed by atoms with van der Waals surface area (Å²) in [5.41, 5.74) is 0.842. The molecule has 2 aromatic heterocycles. The molecular formula is C25H18BrN3O5. The maximum Gasteiger partial charge on any atom is 0.297 e. The number of benzene rings is 2. The Morgan fingerprint density at radius 1 is 1.15 bits per heavy atom. The number of carbonyl (C=O) groups is 1. The van der Waals surface area contributed by atoms with Gasteiger partial charge in [0, 0.05) is 16.9 Å². The van der Waals surface area contributed by atoms with Gasteiger partial charge in [-0.3, -0.25) is 14.5 Å². The van der Waals surface area contributed by atoms with Crippen LogP contribution in [-0.2, 0) is 0 Å². The molecule has 0 bridgehead atoms. The normalized spacial score (nSPS) is 14.8.